The molecule has 1 aromatic carbocycles. The SMILES string of the molecule is CNCCc1nc(C2COc3ccccc3O2)no1. The summed E-state index contributed by atoms with van der Waals surface area (Å²) in [4.78, 5) is 4.32. The lowest BCUT2D eigenvalue weighted by Gasteiger charge is -2.24. The van der Waals surface area contributed by atoms with E-state index in [4.69, 9.17) is 14.0 Å². The summed E-state index contributed by atoms with van der Waals surface area (Å²) in [5.41, 5.74) is 0. The van der Waals surface area contributed by atoms with Gasteiger partial charge < -0.3 is 19.3 Å². The van der Waals surface area contributed by atoms with Gasteiger partial charge in [0.2, 0.25) is 11.7 Å². The average molecular weight is 261 g/mol. The van der Waals surface area contributed by atoms with E-state index in [1.165, 1.54) is 0 Å². The summed E-state index contributed by atoms with van der Waals surface area (Å²) in [5, 5.41) is 6.98. The van der Waals surface area contributed by atoms with Crippen molar-refractivity contribution in [3.63, 3.8) is 0 Å². The highest BCUT2D eigenvalue weighted by Crippen LogP contribution is 2.34. The minimum absolute atomic E-state index is 0.318. The van der Waals surface area contributed by atoms with Crippen LogP contribution in [0.2, 0.25) is 0 Å². The molecule has 1 aliphatic rings. The van der Waals surface area contributed by atoms with E-state index in [1.54, 1.807) is 0 Å². The Morgan fingerprint density at radius 1 is 1.32 bits per heavy atom. The number of likely N-dealkylation sites (N-methyl/N-ethyl adjacent to an activating group) is 1. The maximum atomic E-state index is 5.81. The van der Waals surface area contributed by atoms with Gasteiger partial charge in [-0.1, -0.05) is 17.3 Å². The molecule has 1 aromatic heterocycles. The molecule has 2 heterocycles. The summed E-state index contributed by atoms with van der Waals surface area (Å²) in [6.07, 6.45) is 0.384. The topological polar surface area (TPSA) is 69.4 Å². The molecule has 2 aromatic rings. The van der Waals surface area contributed by atoms with Gasteiger partial charge in [0.05, 0.1) is 0 Å². The Morgan fingerprint density at radius 2 is 2.16 bits per heavy atom. The van der Waals surface area contributed by atoms with Crippen molar-refractivity contribution in [1.29, 1.82) is 0 Å². The minimum atomic E-state index is -0.318. The second kappa shape index (κ2) is 5.27. The van der Waals surface area contributed by atoms with Gasteiger partial charge in [0.15, 0.2) is 17.6 Å². The van der Waals surface area contributed by atoms with Crippen LogP contribution in [0.25, 0.3) is 0 Å². The number of benzene rings is 1. The molecule has 0 spiro atoms. The molecule has 0 amide bonds. The molecular formula is C13H15N3O3. The highest BCUT2D eigenvalue weighted by molar-refractivity contribution is 5.40. The molecule has 1 aliphatic heterocycles. The molecule has 3 rings (SSSR count). The maximum Gasteiger partial charge on any atom is 0.228 e. The third-order valence-corrected chi connectivity index (χ3v) is 2.87. The van der Waals surface area contributed by atoms with Crippen LogP contribution in [0, 0.1) is 0 Å². The third kappa shape index (κ3) is 2.53. The van der Waals surface area contributed by atoms with E-state index >= 15 is 0 Å². The lowest BCUT2D eigenvalue weighted by Crippen LogP contribution is -2.22. The first kappa shape index (κ1) is 12.0. The van der Waals surface area contributed by atoms with Gasteiger partial charge in [-0.2, -0.15) is 4.98 Å². The number of hydrogen-bond acceptors (Lipinski definition) is 6. The van der Waals surface area contributed by atoms with Crippen LogP contribution in [0.4, 0.5) is 0 Å². The van der Waals surface area contributed by atoms with E-state index in [-0.39, 0.29) is 6.10 Å². The van der Waals surface area contributed by atoms with Crippen molar-refractivity contribution in [3.8, 4) is 11.5 Å². The Morgan fingerprint density at radius 3 is 3.00 bits per heavy atom. The Balaban J connectivity index is 1.72. The second-order valence-electron chi connectivity index (χ2n) is 4.26. The van der Waals surface area contributed by atoms with E-state index in [9.17, 15) is 0 Å². The molecular weight excluding hydrogens is 246 g/mol. The molecule has 6 heteroatoms. The molecule has 19 heavy (non-hydrogen) atoms. The predicted octanol–water partition coefficient (Wildman–Crippen LogP) is 1.34. The Bertz CT molecular complexity index is 556. The van der Waals surface area contributed by atoms with Crippen molar-refractivity contribution in [1.82, 2.24) is 15.5 Å². The molecule has 0 aliphatic carbocycles. The van der Waals surface area contributed by atoms with Crippen LogP contribution in [0.5, 0.6) is 11.5 Å². The molecule has 0 bridgehead atoms. The maximum absolute atomic E-state index is 5.81. The lowest BCUT2D eigenvalue weighted by atomic mass is 10.2. The van der Waals surface area contributed by atoms with Crippen LogP contribution < -0.4 is 14.8 Å². The van der Waals surface area contributed by atoms with Crippen LogP contribution in [-0.4, -0.2) is 30.3 Å². The minimum Gasteiger partial charge on any atom is -0.485 e. The van der Waals surface area contributed by atoms with Gasteiger partial charge in [-0.05, 0) is 19.2 Å². The smallest absolute Gasteiger partial charge is 0.228 e. The van der Waals surface area contributed by atoms with Gasteiger partial charge in [0.25, 0.3) is 0 Å². The van der Waals surface area contributed by atoms with Crippen molar-refractivity contribution in [2.75, 3.05) is 20.2 Å². The summed E-state index contributed by atoms with van der Waals surface area (Å²) >= 11 is 0. The number of ether oxygens (including phenoxy) is 2. The molecule has 1 unspecified atom stereocenters. The summed E-state index contributed by atoms with van der Waals surface area (Å²) in [7, 11) is 1.88. The van der Waals surface area contributed by atoms with Crippen molar-refractivity contribution >= 4 is 0 Å². The van der Waals surface area contributed by atoms with Crippen LogP contribution in [0.3, 0.4) is 0 Å². The van der Waals surface area contributed by atoms with Gasteiger partial charge in [-0.15, -0.1) is 0 Å². The molecule has 0 fully saturated rings. The van der Waals surface area contributed by atoms with Crippen LogP contribution in [0.1, 0.15) is 17.8 Å². The molecule has 100 valence electrons. The van der Waals surface area contributed by atoms with E-state index in [1.807, 2.05) is 31.3 Å². The Labute approximate surface area is 110 Å². The number of para-hydroxylation sites is 2. The summed E-state index contributed by atoms with van der Waals surface area (Å²) < 4.78 is 16.6. The summed E-state index contributed by atoms with van der Waals surface area (Å²) in [6.45, 7) is 1.19. The number of aromatic nitrogens is 2. The van der Waals surface area contributed by atoms with Crippen molar-refractivity contribution in [2.45, 2.75) is 12.5 Å². The highest BCUT2D eigenvalue weighted by Gasteiger charge is 2.26. The number of fused-ring (bicyclic) bond motifs is 1. The molecule has 0 saturated carbocycles. The van der Waals surface area contributed by atoms with Gasteiger partial charge in [-0.3, -0.25) is 0 Å². The molecule has 6 nitrogen and oxygen atoms in total. The number of hydrogen-bond donors (Lipinski definition) is 1. The van der Waals surface area contributed by atoms with E-state index < -0.39 is 0 Å². The molecule has 0 saturated heterocycles. The predicted molar refractivity (Wildman–Crippen MR) is 67.2 cm³/mol. The second-order valence-corrected chi connectivity index (χ2v) is 4.26. The first-order valence-electron chi connectivity index (χ1n) is 6.22. The number of nitrogens with one attached hydrogen (secondary N) is 1. The van der Waals surface area contributed by atoms with E-state index in [0.717, 1.165) is 12.3 Å². The van der Waals surface area contributed by atoms with Gasteiger partial charge in [0, 0.05) is 13.0 Å². The van der Waals surface area contributed by atoms with Crippen molar-refractivity contribution in [2.24, 2.45) is 0 Å². The van der Waals surface area contributed by atoms with Gasteiger partial charge in [0.1, 0.15) is 6.61 Å². The average Bonchev–Trinajstić information content (AvgIpc) is 2.93. The number of rotatable bonds is 4. The fourth-order valence-electron chi connectivity index (χ4n) is 1.88. The van der Waals surface area contributed by atoms with E-state index in [2.05, 4.69) is 15.5 Å². The molecule has 0 radical (unpaired) electrons. The van der Waals surface area contributed by atoms with Crippen LogP contribution in [-0.2, 0) is 6.42 Å². The fourth-order valence-corrected chi connectivity index (χ4v) is 1.88. The van der Waals surface area contributed by atoms with Crippen molar-refractivity contribution < 1.29 is 14.0 Å². The fraction of sp³-hybridized carbons (Fsp3) is 0.385. The Hall–Kier alpha value is -2.08. The van der Waals surface area contributed by atoms with Crippen LogP contribution in [0.15, 0.2) is 28.8 Å². The zero-order chi connectivity index (χ0) is 13.1. The summed E-state index contributed by atoms with van der Waals surface area (Å²) in [5.74, 6) is 2.59. The monoisotopic (exact) mass is 261 g/mol. The zero-order valence-corrected chi connectivity index (χ0v) is 10.6. The molecule has 1 atom stereocenters. The van der Waals surface area contributed by atoms with Gasteiger partial charge in [-0.25, -0.2) is 0 Å². The third-order valence-electron chi connectivity index (χ3n) is 2.87. The number of nitrogens with zero attached hydrogens (tertiary/aromatic N) is 2. The highest BCUT2D eigenvalue weighted by atomic mass is 16.6. The Kier molecular flexibility index (Phi) is 3.33. The largest absolute Gasteiger partial charge is 0.485 e. The first-order chi connectivity index (χ1) is 9.36. The first-order valence-corrected chi connectivity index (χ1v) is 6.22. The van der Waals surface area contributed by atoms with Crippen molar-refractivity contribution in [3.05, 3.63) is 36.0 Å². The summed E-state index contributed by atoms with van der Waals surface area (Å²) in [6, 6.07) is 7.55. The van der Waals surface area contributed by atoms with Gasteiger partial charge >= 0.3 is 0 Å². The van der Waals surface area contributed by atoms with E-state index in [0.29, 0.717) is 30.5 Å². The zero-order valence-electron chi connectivity index (χ0n) is 10.6. The molecule has 1 N–H and O–H groups in total. The standard InChI is InChI=1S/C13H15N3O3/c1-14-7-6-12-15-13(16-19-12)11-8-17-9-4-2-3-5-10(9)18-11/h2-5,11,14H,6-8H2,1H3. The quantitative estimate of drug-likeness (QED) is 0.895. The lowest BCUT2D eigenvalue weighted by molar-refractivity contribution is 0.0832. The normalized spacial score (nSPS) is 17.4. The van der Waals surface area contributed by atoms with Crippen LogP contribution >= 0.6 is 0 Å².